The molecule has 1 amide bonds. The molecule has 1 fully saturated rings. The van der Waals surface area contributed by atoms with Gasteiger partial charge in [0, 0.05) is 43.9 Å². The number of H-pyrrole nitrogens is 1. The molecule has 1 aromatic heterocycles. The highest BCUT2D eigenvalue weighted by atomic mass is 16.1. The Kier molecular flexibility index (Phi) is 5.23. The zero-order valence-corrected chi connectivity index (χ0v) is 15.3. The van der Waals surface area contributed by atoms with Gasteiger partial charge in [-0.1, -0.05) is 18.2 Å². The molecular weight excluding hydrogens is 324 g/mol. The maximum absolute atomic E-state index is 12.3. The van der Waals surface area contributed by atoms with Gasteiger partial charge in [0.25, 0.3) is 0 Å². The summed E-state index contributed by atoms with van der Waals surface area (Å²) in [6.07, 6.45) is 7.13. The summed E-state index contributed by atoms with van der Waals surface area (Å²) >= 11 is 0. The van der Waals surface area contributed by atoms with Gasteiger partial charge in [0.15, 0.2) is 0 Å². The van der Waals surface area contributed by atoms with Crippen molar-refractivity contribution in [3.8, 4) is 0 Å². The molecule has 0 unspecified atom stereocenters. The van der Waals surface area contributed by atoms with Crippen molar-refractivity contribution in [1.82, 2.24) is 15.5 Å². The smallest absolute Gasteiger partial charge is 0.220 e. The fraction of sp³-hybridized carbons (Fsp3) is 0.524. The lowest BCUT2D eigenvalue weighted by atomic mass is 9.94. The molecule has 2 heterocycles. The number of aryl methyl sites for hydroxylation is 2. The van der Waals surface area contributed by atoms with Crippen molar-refractivity contribution in [1.29, 1.82) is 0 Å². The molecule has 138 valence electrons. The van der Waals surface area contributed by atoms with E-state index in [1.54, 1.807) is 0 Å². The zero-order valence-electron chi connectivity index (χ0n) is 15.3. The van der Waals surface area contributed by atoms with E-state index in [2.05, 4.69) is 44.7 Å². The van der Waals surface area contributed by atoms with Crippen molar-refractivity contribution in [2.45, 2.75) is 44.9 Å². The van der Waals surface area contributed by atoms with Crippen molar-refractivity contribution in [2.75, 3.05) is 24.5 Å². The maximum Gasteiger partial charge on any atom is 0.220 e. The van der Waals surface area contributed by atoms with Crippen molar-refractivity contribution >= 4 is 11.6 Å². The van der Waals surface area contributed by atoms with Crippen LogP contribution in [0.15, 0.2) is 30.3 Å². The number of amides is 1. The van der Waals surface area contributed by atoms with Gasteiger partial charge in [0.05, 0.1) is 5.69 Å². The molecule has 0 radical (unpaired) electrons. The number of hydrogen-bond donors (Lipinski definition) is 2. The number of aromatic nitrogens is 2. The average Bonchev–Trinajstić information content (AvgIpc) is 3.33. The maximum atomic E-state index is 12.3. The lowest BCUT2D eigenvalue weighted by Crippen LogP contribution is -2.31. The third kappa shape index (κ3) is 3.92. The molecule has 1 aliphatic heterocycles. The number of aromatic amines is 1. The van der Waals surface area contributed by atoms with Crippen LogP contribution in [0.5, 0.6) is 0 Å². The molecule has 2 aliphatic rings. The molecule has 1 aromatic carbocycles. The number of para-hydroxylation sites is 1. The zero-order chi connectivity index (χ0) is 17.8. The van der Waals surface area contributed by atoms with Gasteiger partial charge in [-0.15, -0.1) is 0 Å². The molecule has 4 rings (SSSR count). The van der Waals surface area contributed by atoms with Crippen LogP contribution in [-0.4, -0.2) is 35.7 Å². The number of hydrogen-bond acceptors (Lipinski definition) is 3. The Balaban J connectivity index is 1.21. The molecule has 5 heteroatoms. The number of nitrogens with one attached hydrogen (secondary N) is 2. The van der Waals surface area contributed by atoms with Gasteiger partial charge in [-0.05, 0) is 55.7 Å². The molecule has 2 aromatic rings. The van der Waals surface area contributed by atoms with Crippen LogP contribution >= 0.6 is 0 Å². The van der Waals surface area contributed by atoms with Crippen LogP contribution in [0, 0.1) is 5.92 Å². The molecule has 2 N–H and O–H groups in total. The van der Waals surface area contributed by atoms with Crippen LogP contribution in [-0.2, 0) is 24.1 Å². The van der Waals surface area contributed by atoms with Crippen LogP contribution < -0.4 is 10.2 Å². The van der Waals surface area contributed by atoms with E-state index < -0.39 is 0 Å². The molecule has 0 saturated carbocycles. The Morgan fingerprint density at radius 2 is 2.08 bits per heavy atom. The predicted molar refractivity (Wildman–Crippen MR) is 103 cm³/mol. The van der Waals surface area contributed by atoms with Gasteiger partial charge < -0.3 is 10.2 Å². The summed E-state index contributed by atoms with van der Waals surface area (Å²) < 4.78 is 0. The highest BCUT2D eigenvalue weighted by Gasteiger charge is 2.23. The van der Waals surface area contributed by atoms with Gasteiger partial charge in [0.1, 0.15) is 0 Å². The Hall–Kier alpha value is -2.30. The minimum atomic E-state index is 0.149. The van der Waals surface area contributed by atoms with Gasteiger partial charge in [-0.25, -0.2) is 0 Å². The van der Waals surface area contributed by atoms with Crippen molar-refractivity contribution in [3.63, 3.8) is 0 Å². The summed E-state index contributed by atoms with van der Waals surface area (Å²) in [7, 11) is 0. The molecule has 1 saturated heterocycles. The first-order chi connectivity index (χ1) is 12.8. The van der Waals surface area contributed by atoms with E-state index in [9.17, 15) is 4.79 Å². The summed E-state index contributed by atoms with van der Waals surface area (Å²) in [4.78, 5) is 14.7. The second-order valence-corrected chi connectivity index (χ2v) is 7.57. The first-order valence-electron chi connectivity index (χ1n) is 9.91. The number of carbonyl (C=O) groups excluding carboxylic acids is 1. The van der Waals surface area contributed by atoms with Crippen LogP contribution in [0.4, 0.5) is 5.69 Å². The summed E-state index contributed by atoms with van der Waals surface area (Å²) in [6.45, 7) is 2.88. The van der Waals surface area contributed by atoms with Crippen molar-refractivity contribution in [2.24, 2.45) is 5.92 Å². The lowest BCUT2D eigenvalue weighted by molar-refractivity contribution is -0.121. The van der Waals surface area contributed by atoms with E-state index in [-0.39, 0.29) is 5.91 Å². The quantitative estimate of drug-likeness (QED) is 0.840. The summed E-state index contributed by atoms with van der Waals surface area (Å²) in [5, 5.41) is 10.7. The Morgan fingerprint density at radius 3 is 2.96 bits per heavy atom. The molecular formula is C21H28N4O. The molecule has 1 aliphatic carbocycles. The number of fused-ring (bicyclic) bond motifs is 1. The Bertz CT molecular complexity index is 740. The van der Waals surface area contributed by atoms with E-state index in [4.69, 9.17) is 0 Å². The third-order valence-corrected chi connectivity index (χ3v) is 5.73. The lowest BCUT2D eigenvalue weighted by Gasteiger charge is -2.18. The Labute approximate surface area is 155 Å². The van der Waals surface area contributed by atoms with Gasteiger partial charge >= 0.3 is 0 Å². The predicted octanol–water partition coefficient (Wildman–Crippen LogP) is 2.86. The highest BCUT2D eigenvalue weighted by molar-refractivity contribution is 5.76. The average molecular weight is 352 g/mol. The Morgan fingerprint density at radius 1 is 1.23 bits per heavy atom. The normalized spacial score (nSPS) is 19.4. The van der Waals surface area contributed by atoms with Crippen LogP contribution in [0.3, 0.4) is 0 Å². The molecule has 26 heavy (non-hydrogen) atoms. The minimum Gasteiger partial charge on any atom is -0.371 e. The number of rotatable bonds is 6. The van der Waals surface area contributed by atoms with Crippen LogP contribution in [0.25, 0.3) is 0 Å². The van der Waals surface area contributed by atoms with E-state index in [1.807, 2.05) is 6.07 Å². The second kappa shape index (κ2) is 7.94. The van der Waals surface area contributed by atoms with Crippen LogP contribution in [0.2, 0.25) is 0 Å². The molecule has 0 spiro atoms. The van der Waals surface area contributed by atoms with E-state index in [1.165, 1.54) is 29.8 Å². The number of anilines is 1. The third-order valence-electron chi connectivity index (χ3n) is 5.73. The fourth-order valence-corrected chi connectivity index (χ4v) is 4.21. The van der Waals surface area contributed by atoms with Crippen LogP contribution in [0.1, 0.15) is 42.6 Å². The molecule has 1 atom stereocenters. The first kappa shape index (κ1) is 17.1. The van der Waals surface area contributed by atoms with E-state index >= 15 is 0 Å². The fourth-order valence-electron chi connectivity index (χ4n) is 4.21. The van der Waals surface area contributed by atoms with Gasteiger partial charge in [-0.3, -0.25) is 9.89 Å². The molecule has 5 nitrogen and oxygen atoms in total. The molecule has 0 bridgehead atoms. The second-order valence-electron chi connectivity index (χ2n) is 7.57. The van der Waals surface area contributed by atoms with Crippen molar-refractivity contribution < 1.29 is 4.79 Å². The standard InChI is InChI=1S/C21H28N4O/c26-21(11-10-20-18-8-4-5-9-19(18)23-24-20)22-14-16-12-13-25(15-16)17-6-2-1-3-7-17/h1-3,6-7,16H,4-5,8-15H2,(H,22,26)(H,23,24)/t16-/m1/s1. The monoisotopic (exact) mass is 352 g/mol. The topological polar surface area (TPSA) is 61.0 Å². The van der Waals surface area contributed by atoms with Gasteiger partial charge in [0.2, 0.25) is 5.91 Å². The summed E-state index contributed by atoms with van der Waals surface area (Å²) in [6, 6.07) is 10.5. The van der Waals surface area contributed by atoms with Crippen molar-refractivity contribution in [3.05, 3.63) is 47.3 Å². The SMILES string of the molecule is O=C(CCc1n[nH]c2c1CCCC2)NC[C@H]1CCN(c2ccccc2)C1. The van der Waals surface area contributed by atoms with Gasteiger partial charge in [-0.2, -0.15) is 5.10 Å². The van der Waals surface area contributed by atoms with E-state index in [0.717, 1.165) is 51.0 Å². The summed E-state index contributed by atoms with van der Waals surface area (Å²) in [5.74, 6) is 0.688. The minimum absolute atomic E-state index is 0.149. The van der Waals surface area contributed by atoms with E-state index in [0.29, 0.717) is 12.3 Å². The number of nitrogens with zero attached hydrogens (tertiary/aromatic N) is 2. The largest absolute Gasteiger partial charge is 0.371 e. The summed E-state index contributed by atoms with van der Waals surface area (Å²) in [5.41, 5.74) is 5.05. The number of carbonyl (C=O) groups is 1. The number of benzene rings is 1. The first-order valence-corrected chi connectivity index (χ1v) is 9.91. The highest BCUT2D eigenvalue weighted by Crippen LogP contribution is 2.24.